The topological polar surface area (TPSA) is 92.9 Å². The number of hydrogen-bond donors (Lipinski definition) is 0. The molecule has 5 rings (SSSR count). The molecule has 1 amide bonds. The molecular weight excluding hydrogens is 505 g/mol. The van der Waals surface area contributed by atoms with E-state index in [2.05, 4.69) is 25.0 Å². The van der Waals surface area contributed by atoms with Gasteiger partial charge in [0.2, 0.25) is 10.9 Å². The molecule has 13 heteroatoms. The minimum Gasteiger partial charge on any atom is -0.358 e. The summed E-state index contributed by atoms with van der Waals surface area (Å²) in [5.41, 5.74) is 0.459. The van der Waals surface area contributed by atoms with Gasteiger partial charge < -0.3 is 9.80 Å². The fraction of sp³-hybridized carbons (Fsp3) is 0.583. The van der Waals surface area contributed by atoms with E-state index in [0.717, 1.165) is 18.7 Å². The molecule has 1 aliphatic heterocycles. The van der Waals surface area contributed by atoms with Gasteiger partial charge in [-0.3, -0.25) is 4.79 Å². The molecule has 9 nitrogen and oxygen atoms in total. The second kappa shape index (κ2) is 9.34. The first-order valence-electron chi connectivity index (χ1n) is 12.2. The Hall–Kier alpha value is -3.09. The van der Waals surface area contributed by atoms with Crippen LogP contribution in [0.4, 0.5) is 18.2 Å². The van der Waals surface area contributed by atoms with Gasteiger partial charge in [-0.05, 0) is 19.8 Å². The second-order valence-electron chi connectivity index (χ2n) is 10.7. The molecule has 0 bridgehead atoms. The zero-order valence-electron chi connectivity index (χ0n) is 21.2. The first kappa shape index (κ1) is 25.6. The predicted molar refractivity (Wildman–Crippen MR) is 132 cm³/mol. The highest BCUT2D eigenvalue weighted by Crippen LogP contribution is 2.43. The number of piperazine rings is 1. The van der Waals surface area contributed by atoms with Crippen molar-refractivity contribution in [1.82, 2.24) is 34.6 Å². The molecule has 1 unspecified atom stereocenters. The lowest BCUT2D eigenvalue weighted by Crippen LogP contribution is -2.54. The van der Waals surface area contributed by atoms with Crippen molar-refractivity contribution >= 4 is 22.2 Å². The number of halogens is 3. The predicted octanol–water partition coefficient (Wildman–Crippen LogP) is 4.12. The zero-order chi connectivity index (χ0) is 26.5. The molecule has 3 aromatic heterocycles. The van der Waals surface area contributed by atoms with Gasteiger partial charge in [0, 0.05) is 55.0 Å². The molecule has 2 aliphatic rings. The van der Waals surface area contributed by atoms with E-state index in [1.807, 2.05) is 32.6 Å². The van der Waals surface area contributed by atoms with Crippen molar-refractivity contribution in [2.75, 3.05) is 24.5 Å². The van der Waals surface area contributed by atoms with E-state index in [0.29, 0.717) is 53.3 Å². The Balaban J connectivity index is 1.33. The zero-order valence-corrected chi connectivity index (χ0v) is 22.0. The summed E-state index contributed by atoms with van der Waals surface area (Å²) in [4.78, 5) is 33.6. The fourth-order valence-corrected chi connectivity index (χ4v) is 5.30. The summed E-state index contributed by atoms with van der Waals surface area (Å²) in [7, 11) is 0. The maximum absolute atomic E-state index is 13.6. The Morgan fingerprint density at radius 1 is 1.11 bits per heavy atom. The monoisotopic (exact) mass is 534 g/mol. The van der Waals surface area contributed by atoms with E-state index in [1.54, 1.807) is 23.6 Å². The van der Waals surface area contributed by atoms with Crippen LogP contribution < -0.4 is 4.90 Å². The molecule has 1 atom stereocenters. The molecular formula is C24H29F3N8OS. The summed E-state index contributed by atoms with van der Waals surface area (Å²) in [5.74, 6) is 1.62. The summed E-state index contributed by atoms with van der Waals surface area (Å²) >= 11 is 0.618. The summed E-state index contributed by atoms with van der Waals surface area (Å²) in [6.07, 6.45) is 2.20. The molecule has 1 saturated heterocycles. The average Bonchev–Trinajstić information content (AvgIpc) is 3.37. The highest BCUT2D eigenvalue weighted by Gasteiger charge is 2.39. The van der Waals surface area contributed by atoms with Crippen molar-refractivity contribution in [2.45, 2.75) is 70.6 Å². The van der Waals surface area contributed by atoms with E-state index < -0.39 is 11.2 Å². The molecule has 0 N–H and O–H groups in total. The van der Waals surface area contributed by atoms with Crippen LogP contribution in [-0.2, 0) is 22.9 Å². The minimum absolute atomic E-state index is 0.0577. The number of amides is 1. The van der Waals surface area contributed by atoms with E-state index in [4.69, 9.17) is 0 Å². The minimum atomic E-state index is -4.56. The van der Waals surface area contributed by atoms with Crippen molar-refractivity contribution < 1.29 is 18.0 Å². The summed E-state index contributed by atoms with van der Waals surface area (Å²) in [5, 5.41) is 3.93. The summed E-state index contributed by atoms with van der Waals surface area (Å²) in [6, 6.07) is -0.218. The number of thiazole rings is 1. The first-order chi connectivity index (χ1) is 17.4. The highest BCUT2D eigenvalue weighted by atomic mass is 32.1. The number of hydrogen-bond acceptors (Lipinski definition) is 8. The van der Waals surface area contributed by atoms with Crippen molar-refractivity contribution in [2.24, 2.45) is 0 Å². The smallest absolute Gasteiger partial charge is 0.358 e. The number of aromatic nitrogens is 6. The molecule has 3 aromatic rings. The van der Waals surface area contributed by atoms with Crippen molar-refractivity contribution in [3.05, 3.63) is 35.4 Å². The lowest BCUT2D eigenvalue weighted by molar-refractivity contribution is -0.137. The Morgan fingerprint density at radius 3 is 2.38 bits per heavy atom. The van der Waals surface area contributed by atoms with Gasteiger partial charge in [-0.2, -0.15) is 18.3 Å². The number of nitrogens with zero attached hydrogens (tertiary/aromatic N) is 8. The Morgan fingerprint density at radius 2 is 1.81 bits per heavy atom. The van der Waals surface area contributed by atoms with Crippen LogP contribution in [0.15, 0.2) is 18.7 Å². The maximum Gasteiger partial charge on any atom is 0.443 e. The number of carbonyl (C=O) groups is 1. The molecule has 0 spiro atoms. The van der Waals surface area contributed by atoms with Crippen LogP contribution in [0.1, 0.15) is 63.1 Å². The van der Waals surface area contributed by atoms with Gasteiger partial charge in [-0.15, -0.1) is 0 Å². The van der Waals surface area contributed by atoms with E-state index in [1.165, 1.54) is 4.68 Å². The summed E-state index contributed by atoms with van der Waals surface area (Å²) in [6.45, 7) is 9.09. The van der Waals surface area contributed by atoms with Gasteiger partial charge in [-0.25, -0.2) is 24.6 Å². The third-order valence-electron chi connectivity index (χ3n) is 6.48. The van der Waals surface area contributed by atoms with Gasteiger partial charge in [0.25, 0.3) is 0 Å². The SMILES string of the molecule is CC1CN(c2sc(C(F)(F)F)nc2-c2cnc(C3CC3)nc2)CCN1C(=O)Cn1cnc(C(C)(C)C)n1. The fourth-order valence-electron chi connectivity index (χ4n) is 4.30. The number of rotatable bonds is 5. The van der Waals surface area contributed by atoms with Crippen LogP contribution in [0.2, 0.25) is 0 Å². The first-order valence-corrected chi connectivity index (χ1v) is 13.1. The largest absolute Gasteiger partial charge is 0.443 e. The molecule has 198 valence electrons. The van der Waals surface area contributed by atoms with Crippen molar-refractivity contribution in [3.63, 3.8) is 0 Å². The van der Waals surface area contributed by atoms with Crippen LogP contribution in [-0.4, -0.2) is 66.2 Å². The van der Waals surface area contributed by atoms with Crippen molar-refractivity contribution in [3.8, 4) is 11.3 Å². The van der Waals surface area contributed by atoms with Crippen LogP contribution in [0.3, 0.4) is 0 Å². The van der Waals surface area contributed by atoms with Crippen LogP contribution in [0.5, 0.6) is 0 Å². The lowest BCUT2D eigenvalue weighted by atomic mass is 9.96. The maximum atomic E-state index is 13.6. The van der Waals surface area contributed by atoms with Gasteiger partial charge >= 0.3 is 6.18 Å². The Kier molecular flexibility index (Phi) is 6.45. The third kappa shape index (κ3) is 5.46. The Labute approximate surface area is 216 Å². The molecule has 1 aliphatic carbocycles. The average molecular weight is 535 g/mol. The van der Waals surface area contributed by atoms with Crippen LogP contribution in [0.25, 0.3) is 11.3 Å². The van der Waals surface area contributed by atoms with Gasteiger partial charge in [0.1, 0.15) is 29.4 Å². The quantitative estimate of drug-likeness (QED) is 0.486. The molecule has 0 aromatic carbocycles. The third-order valence-corrected chi connectivity index (χ3v) is 7.64. The van der Waals surface area contributed by atoms with E-state index >= 15 is 0 Å². The van der Waals surface area contributed by atoms with E-state index in [9.17, 15) is 18.0 Å². The number of carbonyl (C=O) groups excluding carboxylic acids is 1. The Bertz CT molecular complexity index is 1280. The molecule has 2 fully saturated rings. The van der Waals surface area contributed by atoms with Gasteiger partial charge in [0.15, 0.2) is 5.82 Å². The molecule has 0 radical (unpaired) electrons. The van der Waals surface area contributed by atoms with Crippen molar-refractivity contribution in [1.29, 1.82) is 0 Å². The van der Waals surface area contributed by atoms with Gasteiger partial charge in [0.05, 0.1) is 0 Å². The standard InChI is InChI=1S/C24H29F3N8OS/c1-14-11-33(7-8-35(14)17(36)12-34-13-30-21(32-34)23(2,3)4)20-18(31-22(37-20)24(25,26)27)16-9-28-19(29-10-16)15-5-6-15/h9-10,13-15H,5-8,11-12H2,1-4H3. The number of alkyl halides is 3. The highest BCUT2D eigenvalue weighted by molar-refractivity contribution is 7.16. The van der Waals surface area contributed by atoms with Gasteiger partial charge in [-0.1, -0.05) is 32.1 Å². The van der Waals surface area contributed by atoms with Crippen LogP contribution in [0, 0.1) is 0 Å². The molecule has 1 saturated carbocycles. The van der Waals surface area contributed by atoms with Crippen LogP contribution >= 0.6 is 11.3 Å². The molecule has 37 heavy (non-hydrogen) atoms. The molecule has 4 heterocycles. The second-order valence-corrected chi connectivity index (χ2v) is 11.7. The number of anilines is 1. The normalized spacial score (nSPS) is 18.9. The summed E-state index contributed by atoms with van der Waals surface area (Å²) < 4.78 is 42.3. The lowest BCUT2D eigenvalue weighted by Gasteiger charge is -2.40. The van der Waals surface area contributed by atoms with E-state index in [-0.39, 0.29) is 29.6 Å².